The Hall–Kier alpha value is -2.74. The van der Waals surface area contributed by atoms with E-state index in [4.69, 9.17) is 13.7 Å². The number of methoxy groups -OCH3 is 1. The van der Waals surface area contributed by atoms with Gasteiger partial charge in [-0.05, 0) is 70.2 Å². The second-order valence-electron chi connectivity index (χ2n) is 8.98. The number of carbonyl (C=O) groups excluding carboxylic acids is 1. The molecule has 1 aliphatic rings. The normalized spacial score (nSPS) is 15.3. The van der Waals surface area contributed by atoms with Gasteiger partial charge in [-0.15, -0.1) is 0 Å². The summed E-state index contributed by atoms with van der Waals surface area (Å²) >= 11 is 0. The number of nitrogens with zero attached hydrogens (tertiary/aromatic N) is 1. The van der Waals surface area contributed by atoms with Crippen molar-refractivity contribution >= 4 is 16.2 Å². The largest absolute Gasteiger partial charge is 0.492 e. The van der Waals surface area contributed by atoms with Crippen molar-refractivity contribution in [3.8, 4) is 11.5 Å². The number of aryl methyl sites for hydroxylation is 1. The van der Waals surface area contributed by atoms with Crippen molar-refractivity contribution in [3.05, 3.63) is 53.6 Å². The number of hydrogen-bond acceptors (Lipinski definition) is 6. The molecule has 1 saturated heterocycles. The molecule has 0 atom stereocenters. The minimum atomic E-state index is -4.00. The van der Waals surface area contributed by atoms with Crippen molar-refractivity contribution in [2.45, 2.75) is 57.0 Å². The first-order valence-corrected chi connectivity index (χ1v) is 12.1. The molecular weight excluding hydrogens is 430 g/mol. The highest BCUT2D eigenvalue weighted by atomic mass is 32.2. The summed E-state index contributed by atoms with van der Waals surface area (Å²) in [6.07, 6.45) is 1.11. The predicted molar refractivity (Wildman–Crippen MR) is 122 cm³/mol. The van der Waals surface area contributed by atoms with Gasteiger partial charge in [-0.25, -0.2) is 4.79 Å². The maximum absolute atomic E-state index is 12.8. The van der Waals surface area contributed by atoms with Gasteiger partial charge in [-0.3, -0.25) is 0 Å². The van der Waals surface area contributed by atoms with Gasteiger partial charge in [0, 0.05) is 18.7 Å². The maximum atomic E-state index is 12.8. The standard InChI is InChI=1S/C24H31NO6S/c1-17-15-20(18-11-13-25(14-12-18)23(26)30-24(2,3)4)22(29-5)21(16-17)31-32(27,28)19-9-7-6-8-10-19/h6-10,15-16,18H,11-14H2,1-5H3. The molecule has 8 heteroatoms. The minimum absolute atomic E-state index is 0.0794. The lowest BCUT2D eigenvalue weighted by atomic mass is 9.88. The zero-order chi connectivity index (χ0) is 23.5. The molecule has 0 aromatic heterocycles. The zero-order valence-corrected chi connectivity index (χ0v) is 20.1. The maximum Gasteiger partial charge on any atom is 0.410 e. The molecule has 1 heterocycles. The van der Waals surface area contributed by atoms with Crippen LogP contribution in [0.1, 0.15) is 50.7 Å². The van der Waals surface area contributed by atoms with Gasteiger partial charge in [0.15, 0.2) is 11.5 Å². The van der Waals surface area contributed by atoms with E-state index in [1.165, 1.54) is 19.2 Å². The van der Waals surface area contributed by atoms with Crippen LogP contribution in [0.2, 0.25) is 0 Å². The van der Waals surface area contributed by atoms with E-state index < -0.39 is 15.7 Å². The molecule has 0 bridgehead atoms. The summed E-state index contributed by atoms with van der Waals surface area (Å²) in [5, 5.41) is 0. The first kappa shape index (κ1) is 23.9. The quantitative estimate of drug-likeness (QED) is 0.590. The highest BCUT2D eigenvalue weighted by Gasteiger charge is 2.30. The Labute approximate surface area is 190 Å². The smallest absolute Gasteiger partial charge is 0.410 e. The van der Waals surface area contributed by atoms with Crippen molar-refractivity contribution in [2.75, 3.05) is 20.2 Å². The number of carbonyl (C=O) groups is 1. The number of likely N-dealkylation sites (tertiary alicyclic amines) is 1. The Morgan fingerprint density at radius 1 is 1.06 bits per heavy atom. The third kappa shape index (κ3) is 5.73. The molecule has 2 aromatic carbocycles. The van der Waals surface area contributed by atoms with E-state index in [9.17, 15) is 13.2 Å². The van der Waals surface area contributed by atoms with E-state index in [2.05, 4.69) is 0 Å². The third-order valence-electron chi connectivity index (χ3n) is 5.25. The third-order valence-corrected chi connectivity index (χ3v) is 6.50. The molecule has 0 unspecified atom stereocenters. The van der Waals surface area contributed by atoms with Gasteiger partial charge in [0.2, 0.25) is 0 Å². The van der Waals surface area contributed by atoms with E-state index in [0.29, 0.717) is 31.7 Å². The van der Waals surface area contributed by atoms with Crippen molar-refractivity contribution in [3.63, 3.8) is 0 Å². The minimum Gasteiger partial charge on any atom is -0.492 e. The number of ether oxygens (including phenoxy) is 2. The molecule has 0 spiro atoms. The van der Waals surface area contributed by atoms with E-state index in [1.54, 1.807) is 29.2 Å². The second kappa shape index (κ2) is 9.40. The molecule has 0 N–H and O–H groups in total. The number of piperidine rings is 1. The summed E-state index contributed by atoms with van der Waals surface area (Å²) in [7, 11) is -2.49. The van der Waals surface area contributed by atoms with Crippen molar-refractivity contribution in [2.24, 2.45) is 0 Å². The van der Waals surface area contributed by atoms with Crippen LogP contribution in [0, 0.1) is 6.92 Å². The summed E-state index contributed by atoms with van der Waals surface area (Å²) in [6.45, 7) is 8.53. The van der Waals surface area contributed by atoms with Crippen LogP contribution >= 0.6 is 0 Å². The van der Waals surface area contributed by atoms with Crippen LogP contribution in [-0.2, 0) is 14.9 Å². The van der Waals surface area contributed by atoms with E-state index in [1.807, 2.05) is 33.8 Å². The molecule has 2 aromatic rings. The average Bonchev–Trinajstić information content (AvgIpc) is 2.72. The van der Waals surface area contributed by atoms with Crippen LogP contribution in [0.3, 0.4) is 0 Å². The number of amides is 1. The lowest BCUT2D eigenvalue weighted by Crippen LogP contribution is -2.41. The van der Waals surface area contributed by atoms with Crippen molar-refractivity contribution < 1.29 is 26.9 Å². The molecule has 174 valence electrons. The van der Waals surface area contributed by atoms with Gasteiger partial charge in [0.05, 0.1) is 7.11 Å². The van der Waals surface area contributed by atoms with Gasteiger partial charge in [-0.1, -0.05) is 24.3 Å². The van der Waals surface area contributed by atoms with Crippen LogP contribution in [0.4, 0.5) is 4.79 Å². The number of benzene rings is 2. The van der Waals surface area contributed by atoms with E-state index in [0.717, 1.165) is 11.1 Å². The fraction of sp³-hybridized carbons (Fsp3) is 0.458. The topological polar surface area (TPSA) is 82.1 Å². The number of rotatable bonds is 5. The second-order valence-corrected chi connectivity index (χ2v) is 10.5. The van der Waals surface area contributed by atoms with Gasteiger partial charge < -0.3 is 18.6 Å². The van der Waals surface area contributed by atoms with Crippen molar-refractivity contribution in [1.29, 1.82) is 0 Å². The average molecular weight is 462 g/mol. The van der Waals surface area contributed by atoms with Crippen LogP contribution in [0.15, 0.2) is 47.4 Å². The monoisotopic (exact) mass is 461 g/mol. The Kier molecular flexibility index (Phi) is 7.03. The molecular formula is C24H31NO6S. The first-order chi connectivity index (χ1) is 15.0. The van der Waals surface area contributed by atoms with Crippen LogP contribution in [0.5, 0.6) is 11.5 Å². The molecule has 1 fully saturated rings. The Balaban J connectivity index is 1.82. The molecule has 0 saturated carbocycles. The first-order valence-electron chi connectivity index (χ1n) is 10.7. The summed E-state index contributed by atoms with van der Waals surface area (Å²) < 4.78 is 42.1. The predicted octanol–water partition coefficient (Wildman–Crippen LogP) is 4.89. The molecule has 32 heavy (non-hydrogen) atoms. The lowest BCUT2D eigenvalue weighted by Gasteiger charge is -2.34. The van der Waals surface area contributed by atoms with E-state index in [-0.39, 0.29) is 22.7 Å². The fourth-order valence-electron chi connectivity index (χ4n) is 3.80. The lowest BCUT2D eigenvalue weighted by molar-refractivity contribution is 0.0204. The fourth-order valence-corrected chi connectivity index (χ4v) is 4.75. The highest BCUT2D eigenvalue weighted by Crippen LogP contribution is 2.42. The molecule has 1 amide bonds. The Bertz CT molecular complexity index is 1050. The Morgan fingerprint density at radius 2 is 1.69 bits per heavy atom. The van der Waals surface area contributed by atoms with Gasteiger partial charge in [0.25, 0.3) is 0 Å². The molecule has 3 rings (SSSR count). The summed E-state index contributed by atoms with van der Waals surface area (Å²) in [5.74, 6) is 0.678. The van der Waals surface area contributed by atoms with E-state index >= 15 is 0 Å². The summed E-state index contributed by atoms with van der Waals surface area (Å²) in [6, 6.07) is 11.7. The van der Waals surface area contributed by atoms with Crippen LogP contribution < -0.4 is 8.92 Å². The summed E-state index contributed by atoms with van der Waals surface area (Å²) in [4.78, 5) is 14.2. The molecule has 0 aliphatic carbocycles. The van der Waals surface area contributed by atoms with Gasteiger partial charge in [-0.2, -0.15) is 8.42 Å². The van der Waals surface area contributed by atoms with Crippen molar-refractivity contribution in [1.82, 2.24) is 4.90 Å². The molecule has 1 aliphatic heterocycles. The van der Waals surface area contributed by atoms with Gasteiger partial charge >= 0.3 is 16.2 Å². The van der Waals surface area contributed by atoms with Gasteiger partial charge in [0.1, 0.15) is 10.5 Å². The molecule has 7 nitrogen and oxygen atoms in total. The Morgan fingerprint density at radius 3 is 2.25 bits per heavy atom. The van der Waals surface area contributed by atoms with Crippen LogP contribution in [-0.4, -0.2) is 45.2 Å². The molecule has 0 radical (unpaired) electrons. The highest BCUT2D eigenvalue weighted by molar-refractivity contribution is 7.87. The zero-order valence-electron chi connectivity index (χ0n) is 19.3. The SMILES string of the molecule is COc1c(OS(=O)(=O)c2ccccc2)cc(C)cc1C1CCN(C(=O)OC(C)(C)C)CC1. The van der Waals surface area contributed by atoms with Crippen LogP contribution in [0.25, 0.3) is 0 Å². The number of hydrogen-bond donors (Lipinski definition) is 0. The summed E-state index contributed by atoms with van der Waals surface area (Å²) in [5.41, 5.74) is 1.22.